The Morgan fingerprint density at radius 3 is 1.24 bits per heavy atom. The minimum Gasteiger partial charge on any atom is -0.546 e. The van der Waals surface area contributed by atoms with E-state index in [2.05, 4.69) is 135 Å². The lowest BCUT2D eigenvalue weighted by Crippen LogP contribution is -2.38. The summed E-state index contributed by atoms with van der Waals surface area (Å²) in [4.78, 5) is 0. The van der Waals surface area contributed by atoms with Crippen molar-refractivity contribution in [1.29, 1.82) is 0 Å². The summed E-state index contributed by atoms with van der Waals surface area (Å²) < 4.78 is 14.3. The molecule has 0 N–H and O–H groups in total. The van der Waals surface area contributed by atoms with Gasteiger partial charge in [-0.05, 0) is 108 Å². The molecular weight excluding hydrogens is 669 g/mol. The molecule has 0 heterocycles. The van der Waals surface area contributed by atoms with E-state index in [1.165, 1.54) is 119 Å². The van der Waals surface area contributed by atoms with E-state index in [0.29, 0.717) is 9.52 Å². The third-order valence-electron chi connectivity index (χ3n) is 12.5. The molecule has 0 saturated heterocycles. The van der Waals surface area contributed by atoms with E-state index in [1.807, 2.05) is 0 Å². The second-order valence-corrected chi connectivity index (χ2v) is 26.5. The summed E-state index contributed by atoms with van der Waals surface area (Å²) in [6.45, 7) is 9.81. The van der Waals surface area contributed by atoms with Crippen LogP contribution in [0.25, 0.3) is 12.2 Å². The van der Waals surface area contributed by atoms with Crippen LogP contribution in [0.15, 0.2) is 109 Å². The molecule has 262 valence electrons. The van der Waals surface area contributed by atoms with E-state index >= 15 is 0 Å². The number of benzene rings is 4. The Kier molecular flexibility index (Phi) is 9.90. The highest BCUT2D eigenvalue weighted by molar-refractivity contribution is 6.73. The highest BCUT2D eigenvalue weighted by Gasteiger charge is 2.41. The van der Waals surface area contributed by atoms with Crippen LogP contribution in [0.5, 0.6) is 0 Å². The first kappa shape index (κ1) is 34.7. The first-order valence-electron chi connectivity index (χ1n) is 19.7. The van der Waals surface area contributed by atoms with Gasteiger partial charge in [0.1, 0.15) is 9.52 Å². The Morgan fingerprint density at radius 2 is 0.843 bits per heavy atom. The van der Waals surface area contributed by atoms with Crippen molar-refractivity contribution in [2.45, 2.75) is 113 Å². The molecule has 0 aliphatic heterocycles. The number of rotatable bonds is 10. The smallest absolute Gasteiger partial charge is 0.247 e. The van der Waals surface area contributed by atoms with Gasteiger partial charge in [-0.25, -0.2) is 0 Å². The zero-order chi connectivity index (χ0) is 35.0. The van der Waals surface area contributed by atoms with Crippen molar-refractivity contribution >= 4 is 48.7 Å². The fourth-order valence-corrected chi connectivity index (χ4v) is 16.0. The zero-order valence-electron chi connectivity index (χ0n) is 31.1. The van der Waals surface area contributed by atoms with Crippen LogP contribution >= 0.6 is 0 Å². The second kappa shape index (κ2) is 14.6. The summed E-state index contributed by atoms with van der Waals surface area (Å²) in [7, 11) is -3.14. The molecule has 5 heteroatoms. The van der Waals surface area contributed by atoms with Gasteiger partial charge in [0.2, 0.25) is 16.6 Å². The second-order valence-electron chi connectivity index (χ2n) is 16.7. The Balaban J connectivity index is 0.984. The van der Waals surface area contributed by atoms with Crippen molar-refractivity contribution in [1.82, 2.24) is 0 Å². The Labute approximate surface area is 311 Å². The third-order valence-corrected chi connectivity index (χ3v) is 20.3. The fourth-order valence-electron chi connectivity index (χ4n) is 9.51. The van der Waals surface area contributed by atoms with Gasteiger partial charge in [0.05, 0.1) is 23.4 Å². The van der Waals surface area contributed by atoms with Gasteiger partial charge in [0.15, 0.2) is 0 Å². The average molecular weight is 723 g/mol. The van der Waals surface area contributed by atoms with Crippen molar-refractivity contribution in [3.63, 3.8) is 0 Å². The lowest BCUT2D eigenvalue weighted by Gasteiger charge is -2.37. The maximum absolute atomic E-state index is 7.14. The molecule has 4 aliphatic rings. The Bertz CT molecular complexity index is 1750. The molecule has 8 rings (SSSR count). The molecule has 4 aromatic carbocycles. The predicted octanol–water partition coefficient (Wildman–Crippen LogP) is 11.4. The van der Waals surface area contributed by atoms with E-state index in [1.54, 1.807) is 0 Å². The molecule has 2 fully saturated rings. The topological polar surface area (TPSA) is 18.5 Å². The third kappa shape index (κ3) is 7.31. The molecule has 4 aliphatic carbocycles. The summed E-state index contributed by atoms with van der Waals surface area (Å²) >= 11 is 0. The van der Waals surface area contributed by atoms with Crippen molar-refractivity contribution in [2.24, 2.45) is 0 Å². The Morgan fingerprint density at radius 1 is 0.471 bits per heavy atom. The van der Waals surface area contributed by atoms with Crippen LogP contribution in [0, 0.1) is 0 Å². The normalized spacial score (nSPS) is 21.1. The van der Waals surface area contributed by atoms with Crippen LogP contribution in [0.3, 0.4) is 0 Å². The highest BCUT2D eigenvalue weighted by atomic mass is 28.4. The molecule has 4 aromatic rings. The monoisotopic (exact) mass is 722 g/mol. The maximum atomic E-state index is 7.14. The molecule has 51 heavy (non-hydrogen) atoms. The van der Waals surface area contributed by atoms with Crippen molar-refractivity contribution < 1.29 is 8.85 Å². The van der Waals surface area contributed by atoms with Crippen LogP contribution in [0.1, 0.15) is 109 Å². The van der Waals surface area contributed by atoms with E-state index in [4.69, 9.17) is 8.85 Å². The molecule has 2 unspecified atom stereocenters. The van der Waals surface area contributed by atoms with Gasteiger partial charge < -0.3 is 8.85 Å². The standard InChI is InChI=1S/C46H54O2Si3/c1-50(2,39-17-7-5-8-18-39)47-43-31-35-15-11-13-21-41(35)45(43)33-23-27-37(28-24-33)49-38-29-25-34(26-30-38)46-42-22-14-12-16-36(42)32-44(46)48-51(3,4)40-19-9-6-10-20-40/h11-16,21-32,39-40,45-46H,5-10,17-20H2,1-4H3. The molecule has 2 saturated carbocycles. The summed E-state index contributed by atoms with van der Waals surface area (Å²) in [5.74, 6) is 2.69. The maximum Gasteiger partial charge on any atom is 0.247 e. The van der Waals surface area contributed by atoms with Crippen LogP contribution < -0.4 is 10.4 Å². The highest BCUT2D eigenvalue weighted by Crippen LogP contribution is 2.47. The quantitative estimate of drug-likeness (QED) is 0.152. The van der Waals surface area contributed by atoms with Crippen molar-refractivity contribution in [3.05, 3.63) is 142 Å². The number of allylic oxidation sites excluding steroid dienone is 2. The molecule has 0 bridgehead atoms. The molecule has 0 aromatic heterocycles. The first-order chi connectivity index (χ1) is 24.7. The van der Waals surface area contributed by atoms with Crippen LogP contribution in [-0.2, 0) is 8.85 Å². The Hall–Kier alpha value is -3.39. The molecule has 0 amide bonds. The summed E-state index contributed by atoms with van der Waals surface area (Å²) in [5.41, 5.74) is 9.55. The minimum absolute atomic E-state index is 0.179. The van der Waals surface area contributed by atoms with Crippen molar-refractivity contribution in [2.75, 3.05) is 0 Å². The summed E-state index contributed by atoms with van der Waals surface area (Å²) in [6, 6.07) is 36.6. The van der Waals surface area contributed by atoms with Gasteiger partial charge >= 0.3 is 0 Å². The van der Waals surface area contributed by atoms with E-state index in [-0.39, 0.29) is 11.8 Å². The largest absolute Gasteiger partial charge is 0.546 e. The number of hydrogen-bond donors (Lipinski definition) is 0. The number of hydrogen-bond acceptors (Lipinski definition) is 2. The minimum atomic E-state index is -1.88. The molecule has 2 nitrogen and oxygen atoms in total. The van der Waals surface area contributed by atoms with Crippen molar-refractivity contribution in [3.8, 4) is 0 Å². The first-order valence-corrected chi connectivity index (χ1v) is 26.7. The van der Waals surface area contributed by atoms with Crippen LogP contribution in [0.4, 0.5) is 0 Å². The molecule has 0 spiro atoms. The SMILES string of the molecule is C[Si](C)(OC1=Cc2ccccc2C1c1ccc([Si]c2ccc(C3C(O[Si](C)(C)C4CCCCC4)=Cc4ccccc43)cc2)cc1)C1CCCCC1. The summed E-state index contributed by atoms with van der Waals surface area (Å²) in [5, 5.41) is 2.74. The molecule has 2 atom stereocenters. The van der Waals surface area contributed by atoms with Gasteiger partial charge in [-0.15, -0.1) is 0 Å². The van der Waals surface area contributed by atoms with Crippen LogP contribution in [-0.4, -0.2) is 26.2 Å². The fraction of sp³-hybridized carbons (Fsp3) is 0.391. The van der Waals surface area contributed by atoms with E-state index < -0.39 is 16.6 Å². The van der Waals surface area contributed by atoms with Gasteiger partial charge in [0.25, 0.3) is 0 Å². The predicted molar refractivity (Wildman–Crippen MR) is 221 cm³/mol. The molecule has 2 radical (unpaired) electrons. The zero-order valence-corrected chi connectivity index (χ0v) is 34.1. The average Bonchev–Trinajstić information content (AvgIpc) is 3.70. The van der Waals surface area contributed by atoms with E-state index in [9.17, 15) is 0 Å². The van der Waals surface area contributed by atoms with Gasteiger partial charge in [-0.3, -0.25) is 0 Å². The van der Waals surface area contributed by atoms with Gasteiger partial charge in [-0.2, -0.15) is 0 Å². The van der Waals surface area contributed by atoms with Gasteiger partial charge in [-0.1, -0.05) is 146 Å². The number of fused-ring (bicyclic) bond motifs is 2. The van der Waals surface area contributed by atoms with E-state index in [0.717, 1.165) is 11.1 Å². The lowest BCUT2D eigenvalue weighted by molar-refractivity contribution is 0.360. The van der Waals surface area contributed by atoms with Gasteiger partial charge in [0, 0.05) is 0 Å². The lowest BCUT2D eigenvalue weighted by atomic mass is 9.92. The van der Waals surface area contributed by atoms with Crippen LogP contribution in [0.2, 0.25) is 37.3 Å². The molecular formula is C46H54O2Si3. The summed E-state index contributed by atoms with van der Waals surface area (Å²) in [6.07, 6.45) is 18.2.